The monoisotopic (exact) mass is 337 g/mol. The first kappa shape index (κ1) is 18.7. The van der Waals surface area contributed by atoms with Gasteiger partial charge in [0.05, 0.1) is 5.82 Å². The van der Waals surface area contributed by atoms with Crippen LogP contribution in [0.1, 0.15) is 24.5 Å². The first-order valence-corrected chi connectivity index (χ1v) is 8.58. The molecule has 0 saturated carbocycles. The van der Waals surface area contributed by atoms with Crippen LogP contribution in [0, 0.1) is 6.92 Å². The van der Waals surface area contributed by atoms with Crippen LogP contribution in [0.15, 0.2) is 60.4 Å². The van der Waals surface area contributed by atoms with Crippen molar-refractivity contribution in [2.75, 3.05) is 13.6 Å². The molecule has 0 radical (unpaired) electrons. The molecule has 2 aromatic rings. The summed E-state index contributed by atoms with van der Waals surface area (Å²) in [4.78, 5) is 11.9. The molecule has 0 spiro atoms. The highest BCUT2D eigenvalue weighted by Gasteiger charge is 2.31. The Labute approximate surface area is 150 Å². The van der Waals surface area contributed by atoms with Crippen LogP contribution >= 0.6 is 0 Å². The minimum Gasteiger partial charge on any atom is -0.375 e. The fourth-order valence-electron chi connectivity index (χ4n) is 2.75. The number of rotatable bonds is 8. The Morgan fingerprint density at radius 2 is 1.64 bits per heavy atom. The molecule has 4 N–H and O–H groups in total. The Balaban J connectivity index is 2.34. The van der Waals surface area contributed by atoms with Gasteiger partial charge in [-0.05, 0) is 36.1 Å². The van der Waals surface area contributed by atoms with Gasteiger partial charge in [-0.1, -0.05) is 61.0 Å². The smallest absolute Gasteiger partial charge is 0.151 e. The van der Waals surface area contributed by atoms with Crippen LogP contribution in [-0.2, 0) is 10.3 Å². The highest BCUT2D eigenvalue weighted by atomic mass is 16.1. The third-order valence-corrected chi connectivity index (χ3v) is 4.34. The molecule has 4 nitrogen and oxygen atoms in total. The Kier molecular flexibility index (Phi) is 6.37. The average molecular weight is 337 g/mol. The molecule has 4 heteroatoms. The number of allylic oxidation sites excluding steroid dienone is 1. The highest BCUT2D eigenvalue weighted by molar-refractivity contribution is 5.71. The Hall–Kier alpha value is -2.59. The van der Waals surface area contributed by atoms with Gasteiger partial charge < -0.3 is 21.2 Å². The lowest BCUT2D eigenvalue weighted by molar-refractivity contribution is -0.113. The van der Waals surface area contributed by atoms with Gasteiger partial charge >= 0.3 is 0 Å². The van der Waals surface area contributed by atoms with E-state index in [-0.39, 0.29) is 6.54 Å². The zero-order chi connectivity index (χ0) is 18.3. The maximum absolute atomic E-state index is 11.9. The summed E-state index contributed by atoms with van der Waals surface area (Å²) in [5.41, 5.74) is 9.35. The summed E-state index contributed by atoms with van der Waals surface area (Å²) in [6.07, 6.45) is 3.73. The number of aryl methyl sites for hydroxylation is 1. The van der Waals surface area contributed by atoms with Crippen molar-refractivity contribution >= 4 is 6.29 Å². The largest absolute Gasteiger partial charge is 0.375 e. The minimum absolute atomic E-state index is 0.170. The van der Waals surface area contributed by atoms with Gasteiger partial charge in [-0.2, -0.15) is 0 Å². The molecule has 132 valence electrons. The molecule has 0 bridgehead atoms. The van der Waals surface area contributed by atoms with Gasteiger partial charge in [0.25, 0.3) is 0 Å². The van der Waals surface area contributed by atoms with Gasteiger partial charge in [0.15, 0.2) is 6.29 Å². The molecule has 0 amide bonds. The molecule has 0 aliphatic heterocycles. The van der Waals surface area contributed by atoms with Gasteiger partial charge in [-0.15, -0.1) is 0 Å². The second-order valence-electron chi connectivity index (χ2n) is 6.14. The summed E-state index contributed by atoms with van der Waals surface area (Å²) in [6, 6.07) is 16.4. The molecular weight excluding hydrogens is 310 g/mol. The molecule has 0 fully saturated rings. The molecule has 2 aromatic carbocycles. The van der Waals surface area contributed by atoms with E-state index in [1.807, 2.05) is 44.3 Å². The van der Waals surface area contributed by atoms with E-state index >= 15 is 0 Å². The van der Waals surface area contributed by atoms with Crippen LogP contribution in [0.2, 0.25) is 0 Å². The quantitative estimate of drug-likeness (QED) is 0.648. The lowest BCUT2D eigenvalue weighted by Gasteiger charge is -2.31. The van der Waals surface area contributed by atoms with Gasteiger partial charge in [0.2, 0.25) is 0 Å². The normalized spacial score (nSPS) is 13.8. The number of hydrogen-bond donors (Lipinski definition) is 3. The minimum atomic E-state index is -0.949. The third kappa shape index (κ3) is 4.28. The lowest BCUT2D eigenvalue weighted by atomic mass is 9.89. The molecule has 25 heavy (non-hydrogen) atoms. The lowest BCUT2D eigenvalue weighted by Crippen LogP contribution is -2.51. The van der Waals surface area contributed by atoms with Gasteiger partial charge in [0, 0.05) is 13.6 Å². The second-order valence-corrected chi connectivity index (χ2v) is 6.14. The van der Waals surface area contributed by atoms with Crippen molar-refractivity contribution in [3.63, 3.8) is 0 Å². The van der Waals surface area contributed by atoms with E-state index in [0.717, 1.165) is 35.2 Å². The number of carbonyl (C=O) groups excluding carboxylic acids is 1. The van der Waals surface area contributed by atoms with Gasteiger partial charge in [-0.25, -0.2) is 0 Å². The number of benzene rings is 2. The predicted molar refractivity (Wildman–Crippen MR) is 104 cm³/mol. The standard InChI is InChI=1S/C21H27N3O/c1-4-5-20(23-3)24-21(14-22,15-25)19-12-10-18(11-13-19)17-8-6-16(2)7-9-17/h5-13,15,23-24H,4,14,22H2,1-3H3/b20-5-. The van der Waals surface area contributed by atoms with Crippen molar-refractivity contribution in [1.82, 2.24) is 10.6 Å². The molecule has 2 rings (SSSR count). The molecule has 0 heterocycles. The first-order valence-electron chi connectivity index (χ1n) is 8.58. The van der Waals surface area contributed by atoms with Crippen LogP contribution in [0.4, 0.5) is 0 Å². The molecule has 0 aliphatic rings. The number of carbonyl (C=O) groups is 1. The van der Waals surface area contributed by atoms with Crippen LogP contribution in [-0.4, -0.2) is 19.9 Å². The highest BCUT2D eigenvalue weighted by Crippen LogP contribution is 2.25. The van der Waals surface area contributed by atoms with Crippen molar-refractivity contribution < 1.29 is 4.79 Å². The average Bonchev–Trinajstić information content (AvgIpc) is 2.66. The van der Waals surface area contributed by atoms with Crippen molar-refractivity contribution in [2.45, 2.75) is 25.8 Å². The number of nitrogens with one attached hydrogen (secondary N) is 2. The molecule has 0 aliphatic carbocycles. The number of aldehydes is 1. The van der Waals surface area contributed by atoms with Crippen molar-refractivity contribution in [3.8, 4) is 11.1 Å². The SMILES string of the molecule is CC/C=C(/NC)NC(C=O)(CN)c1ccc(-c2ccc(C)cc2)cc1. The van der Waals surface area contributed by atoms with Crippen LogP contribution in [0.3, 0.4) is 0 Å². The van der Waals surface area contributed by atoms with E-state index in [9.17, 15) is 4.79 Å². The van der Waals surface area contributed by atoms with Crippen LogP contribution in [0.5, 0.6) is 0 Å². The molecule has 0 aromatic heterocycles. The fourth-order valence-corrected chi connectivity index (χ4v) is 2.75. The fraction of sp³-hybridized carbons (Fsp3) is 0.286. The topological polar surface area (TPSA) is 67.1 Å². The van der Waals surface area contributed by atoms with Crippen LogP contribution in [0.25, 0.3) is 11.1 Å². The van der Waals surface area contributed by atoms with Crippen molar-refractivity contribution in [3.05, 3.63) is 71.6 Å². The summed E-state index contributed by atoms with van der Waals surface area (Å²) >= 11 is 0. The van der Waals surface area contributed by atoms with E-state index in [4.69, 9.17) is 5.73 Å². The Morgan fingerprint density at radius 1 is 1.08 bits per heavy atom. The molecular formula is C21H27N3O. The third-order valence-electron chi connectivity index (χ3n) is 4.34. The molecule has 1 unspecified atom stereocenters. The maximum Gasteiger partial charge on any atom is 0.151 e. The summed E-state index contributed by atoms with van der Waals surface area (Å²) < 4.78 is 0. The summed E-state index contributed by atoms with van der Waals surface area (Å²) in [7, 11) is 1.82. The predicted octanol–water partition coefficient (Wildman–Crippen LogP) is 3.08. The summed E-state index contributed by atoms with van der Waals surface area (Å²) in [6.45, 7) is 4.28. The maximum atomic E-state index is 11.9. The summed E-state index contributed by atoms with van der Waals surface area (Å²) in [5, 5.41) is 6.33. The zero-order valence-corrected chi connectivity index (χ0v) is 15.2. The van der Waals surface area contributed by atoms with Crippen molar-refractivity contribution in [2.24, 2.45) is 5.73 Å². The van der Waals surface area contributed by atoms with E-state index in [1.165, 1.54) is 5.56 Å². The van der Waals surface area contributed by atoms with Crippen LogP contribution < -0.4 is 16.4 Å². The molecule has 0 saturated heterocycles. The Morgan fingerprint density at radius 3 is 2.08 bits per heavy atom. The van der Waals surface area contributed by atoms with E-state index in [0.29, 0.717) is 0 Å². The van der Waals surface area contributed by atoms with E-state index in [1.54, 1.807) is 0 Å². The second kappa shape index (κ2) is 8.49. The van der Waals surface area contributed by atoms with E-state index < -0.39 is 5.54 Å². The first-order chi connectivity index (χ1) is 12.1. The van der Waals surface area contributed by atoms with E-state index in [2.05, 4.69) is 41.8 Å². The Bertz CT molecular complexity index is 720. The number of nitrogens with two attached hydrogens (primary N) is 1. The molecule has 1 atom stereocenters. The number of hydrogen-bond acceptors (Lipinski definition) is 4. The van der Waals surface area contributed by atoms with Gasteiger partial charge in [0.1, 0.15) is 5.54 Å². The summed E-state index contributed by atoms with van der Waals surface area (Å²) in [5.74, 6) is 0.794. The van der Waals surface area contributed by atoms with Crippen molar-refractivity contribution in [1.29, 1.82) is 0 Å². The van der Waals surface area contributed by atoms with Gasteiger partial charge in [-0.3, -0.25) is 0 Å². The zero-order valence-electron chi connectivity index (χ0n) is 15.2.